The van der Waals surface area contributed by atoms with E-state index in [1.807, 2.05) is 47.9 Å². The Labute approximate surface area is 172 Å². The van der Waals surface area contributed by atoms with Crippen LogP contribution in [-0.2, 0) is 4.79 Å². The first-order chi connectivity index (χ1) is 13.6. The third kappa shape index (κ3) is 4.71. The average molecular weight is 412 g/mol. The van der Waals surface area contributed by atoms with Crippen LogP contribution in [0.2, 0.25) is 5.02 Å². The van der Waals surface area contributed by atoms with Crippen LogP contribution in [0.1, 0.15) is 12.2 Å². The molecule has 0 aliphatic carbocycles. The van der Waals surface area contributed by atoms with Crippen molar-refractivity contribution in [2.75, 3.05) is 17.2 Å². The van der Waals surface area contributed by atoms with Gasteiger partial charge in [0, 0.05) is 22.9 Å². The minimum Gasteiger partial charge on any atom is -0.311 e. The van der Waals surface area contributed by atoms with Gasteiger partial charge < -0.3 is 4.90 Å². The van der Waals surface area contributed by atoms with Crippen molar-refractivity contribution in [3.63, 3.8) is 0 Å². The Morgan fingerprint density at radius 1 is 1.21 bits per heavy atom. The first-order valence-corrected chi connectivity index (χ1v) is 9.99. The molecule has 0 bridgehead atoms. The fraction of sp³-hybridized carbons (Fsp3) is 0.200. The molecule has 0 atom stereocenters. The van der Waals surface area contributed by atoms with Gasteiger partial charge in [-0.25, -0.2) is 0 Å². The van der Waals surface area contributed by atoms with E-state index in [-0.39, 0.29) is 18.1 Å². The number of halogens is 1. The number of nitriles is 1. The predicted molar refractivity (Wildman–Crippen MR) is 111 cm³/mol. The number of nitrogens with zero attached hydrogens (tertiary/aromatic N) is 5. The Kier molecular flexibility index (Phi) is 6.69. The second kappa shape index (κ2) is 9.40. The molecule has 8 heteroatoms. The van der Waals surface area contributed by atoms with Crippen LogP contribution in [0.15, 0.2) is 59.8 Å². The molecule has 1 aromatic heterocycles. The molecule has 0 saturated carbocycles. The molecule has 0 aliphatic rings. The second-order valence-corrected chi connectivity index (χ2v) is 7.30. The predicted octanol–water partition coefficient (Wildman–Crippen LogP) is 4.27. The lowest BCUT2D eigenvalue weighted by Gasteiger charge is -2.22. The molecule has 3 aromatic rings. The highest BCUT2D eigenvalue weighted by Gasteiger charge is 2.19. The molecule has 0 saturated heterocycles. The highest BCUT2D eigenvalue weighted by molar-refractivity contribution is 7.99. The number of amides is 1. The van der Waals surface area contributed by atoms with Crippen molar-refractivity contribution in [1.29, 1.82) is 5.26 Å². The first kappa shape index (κ1) is 19.9. The molecule has 0 N–H and O–H groups in total. The van der Waals surface area contributed by atoms with E-state index in [9.17, 15) is 4.79 Å². The van der Waals surface area contributed by atoms with Crippen molar-refractivity contribution < 1.29 is 4.79 Å². The van der Waals surface area contributed by atoms with Gasteiger partial charge in [-0.05, 0) is 37.3 Å². The van der Waals surface area contributed by atoms with Crippen molar-refractivity contribution in [1.82, 2.24) is 14.8 Å². The number of aromatic nitrogens is 3. The zero-order valence-electron chi connectivity index (χ0n) is 15.2. The number of aryl methyl sites for hydroxylation is 1. The van der Waals surface area contributed by atoms with E-state index in [4.69, 9.17) is 16.9 Å². The maximum absolute atomic E-state index is 12.9. The van der Waals surface area contributed by atoms with E-state index in [1.165, 1.54) is 11.8 Å². The van der Waals surface area contributed by atoms with Crippen LogP contribution >= 0.6 is 23.4 Å². The van der Waals surface area contributed by atoms with Crippen LogP contribution in [0, 0.1) is 18.3 Å². The summed E-state index contributed by atoms with van der Waals surface area (Å²) in [6, 6.07) is 18.9. The fourth-order valence-electron chi connectivity index (χ4n) is 2.72. The smallest absolute Gasteiger partial charge is 0.237 e. The summed E-state index contributed by atoms with van der Waals surface area (Å²) in [6.07, 6.45) is 0.238. The van der Waals surface area contributed by atoms with Crippen LogP contribution < -0.4 is 4.90 Å². The van der Waals surface area contributed by atoms with Crippen molar-refractivity contribution >= 4 is 35.0 Å². The molecular formula is C20H18ClN5OS. The van der Waals surface area contributed by atoms with Gasteiger partial charge in [-0.3, -0.25) is 9.36 Å². The standard InChI is InChI=1S/C20H18ClN5OS/c1-15-23-24-20(26(15)17-8-3-2-4-9-17)28-14-19(27)25(12-6-11-22)18-10-5-7-16(21)13-18/h2-5,7-10,13H,6,12,14H2,1H3. The summed E-state index contributed by atoms with van der Waals surface area (Å²) in [5, 5.41) is 18.5. The normalized spacial score (nSPS) is 10.5. The molecule has 28 heavy (non-hydrogen) atoms. The number of hydrogen-bond donors (Lipinski definition) is 0. The molecule has 0 radical (unpaired) electrons. The molecule has 0 unspecified atom stereocenters. The summed E-state index contributed by atoms with van der Waals surface area (Å²) in [5.74, 6) is 0.795. The zero-order chi connectivity index (χ0) is 19.9. The topological polar surface area (TPSA) is 74.8 Å². The Bertz CT molecular complexity index is 999. The van der Waals surface area contributed by atoms with Gasteiger partial charge in [-0.1, -0.05) is 47.6 Å². The highest BCUT2D eigenvalue weighted by atomic mass is 35.5. The molecule has 1 amide bonds. The third-order valence-corrected chi connectivity index (χ3v) is 5.15. The van der Waals surface area contributed by atoms with E-state index < -0.39 is 0 Å². The number of anilines is 1. The van der Waals surface area contributed by atoms with Crippen LogP contribution in [-0.4, -0.2) is 33.0 Å². The van der Waals surface area contributed by atoms with Gasteiger partial charge in [0.2, 0.25) is 5.91 Å². The minimum atomic E-state index is -0.122. The SMILES string of the molecule is Cc1nnc(SCC(=O)N(CCC#N)c2cccc(Cl)c2)n1-c1ccccc1. The molecule has 0 aliphatic heterocycles. The lowest BCUT2D eigenvalue weighted by molar-refractivity contribution is -0.116. The Balaban J connectivity index is 1.78. The van der Waals surface area contributed by atoms with Gasteiger partial charge in [0.15, 0.2) is 5.16 Å². The maximum Gasteiger partial charge on any atom is 0.237 e. The summed E-state index contributed by atoms with van der Waals surface area (Å²) < 4.78 is 1.91. The van der Waals surface area contributed by atoms with Crippen molar-refractivity contribution in [2.45, 2.75) is 18.5 Å². The van der Waals surface area contributed by atoms with E-state index >= 15 is 0 Å². The highest BCUT2D eigenvalue weighted by Crippen LogP contribution is 2.24. The molecule has 3 rings (SSSR count). The lowest BCUT2D eigenvalue weighted by Crippen LogP contribution is -2.33. The van der Waals surface area contributed by atoms with Gasteiger partial charge >= 0.3 is 0 Å². The largest absolute Gasteiger partial charge is 0.311 e. The molecule has 2 aromatic carbocycles. The van der Waals surface area contributed by atoms with Crippen molar-refractivity contribution in [2.24, 2.45) is 0 Å². The summed E-state index contributed by atoms with van der Waals surface area (Å²) in [7, 11) is 0. The number of carbonyl (C=O) groups is 1. The first-order valence-electron chi connectivity index (χ1n) is 8.63. The van der Waals surface area contributed by atoms with E-state index in [1.54, 1.807) is 23.1 Å². The van der Waals surface area contributed by atoms with Crippen LogP contribution in [0.4, 0.5) is 5.69 Å². The summed E-state index contributed by atoms with van der Waals surface area (Å²) in [4.78, 5) is 14.5. The van der Waals surface area contributed by atoms with E-state index in [2.05, 4.69) is 16.3 Å². The number of rotatable bonds is 7. The van der Waals surface area contributed by atoms with E-state index in [0.29, 0.717) is 22.4 Å². The maximum atomic E-state index is 12.9. The van der Waals surface area contributed by atoms with Crippen molar-refractivity contribution in [3.8, 4) is 11.8 Å². The van der Waals surface area contributed by atoms with Crippen LogP contribution in [0.3, 0.4) is 0 Å². The Hall–Kier alpha value is -2.82. The van der Waals surface area contributed by atoms with Gasteiger partial charge in [0.1, 0.15) is 5.82 Å². The summed E-state index contributed by atoms with van der Waals surface area (Å²) in [6.45, 7) is 2.18. The number of hydrogen-bond acceptors (Lipinski definition) is 5. The molecule has 6 nitrogen and oxygen atoms in total. The van der Waals surface area contributed by atoms with Gasteiger partial charge in [-0.15, -0.1) is 10.2 Å². The number of thioether (sulfide) groups is 1. The van der Waals surface area contributed by atoms with Crippen LogP contribution in [0.25, 0.3) is 5.69 Å². The van der Waals surface area contributed by atoms with E-state index in [0.717, 1.165) is 11.5 Å². The molecule has 0 spiro atoms. The lowest BCUT2D eigenvalue weighted by atomic mass is 10.2. The number of carbonyl (C=O) groups excluding carboxylic acids is 1. The molecule has 142 valence electrons. The Morgan fingerprint density at radius 2 is 2.00 bits per heavy atom. The van der Waals surface area contributed by atoms with Gasteiger partial charge in [0.05, 0.1) is 18.2 Å². The monoisotopic (exact) mass is 411 g/mol. The second-order valence-electron chi connectivity index (χ2n) is 5.92. The zero-order valence-corrected chi connectivity index (χ0v) is 16.8. The van der Waals surface area contributed by atoms with Gasteiger partial charge in [0.25, 0.3) is 0 Å². The summed E-state index contributed by atoms with van der Waals surface area (Å²) in [5.41, 5.74) is 1.62. The third-order valence-electron chi connectivity index (χ3n) is 4.00. The fourth-order valence-corrected chi connectivity index (χ4v) is 3.78. The molecular weight excluding hydrogens is 394 g/mol. The average Bonchev–Trinajstić information content (AvgIpc) is 3.08. The minimum absolute atomic E-state index is 0.122. The number of para-hydroxylation sites is 1. The van der Waals surface area contributed by atoms with Crippen LogP contribution in [0.5, 0.6) is 0 Å². The Morgan fingerprint density at radius 3 is 2.71 bits per heavy atom. The summed E-state index contributed by atoms with van der Waals surface area (Å²) >= 11 is 7.38. The van der Waals surface area contributed by atoms with Crippen molar-refractivity contribution in [3.05, 3.63) is 65.4 Å². The number of benzene rings is 2. The quantitative estimate of drug-likeness (QED) is 0.543. The molecule has 1 heterocycles. The van der Waals surface area contributed by atoms with Gasteiger partial charge in [-0.2, -0.15) is 5.26 Å². The molecule has 0 fully saturated rings.